The lowest BCUT2D eigenvalue weighted by molar-refractivity contribution is 0.312. The number of hydrogen-bond acceptors (Lipinski definition) is 5. The molecule has 20 heavy (non-hydrogen) atoms. The van der Waals surface area contributed by atoms with Crippen molar-refractivity contribution in [2.75, 3.05) is 18.5 Å². The van der Waals surface area contributed by atoms with Crippen molar-refractivity contribution < 1.29 is 4.74 Å². The molecular weight excluding hydrogens is 299 g/mol. The van der Waals surface area contributed by atoms with Crippen molar-refractivity contribution >= 4 is 29.2 Å². The van der Waals surface area contributed by atoms with Crippen LogP contribution in [0.15, 0.2) is 18.2 Å². The van der Waals surface area contributed by atoms with E-state index in [9.17, 15) is 0 Å². The molecule has 5 nitrogen and oxygen atoms in total. The summed E-state index contributed by atoms with van der Waals surface area (Å²) in [6, 6.07) is 5.38. The van der Waals surface area contributed by atoms with Crippen molar-refractivity contribution in [3.05, 3.63) is 28.2 Å². The van der Waals surface area contributed by atoms with E-state index in [1.165, 1.54) is 0 Å². The van der Waals surface area contributed by atoms with E-state index in [2.05, 4.69) is 20.3 Å². The Kier molecular flexibility index (Phi) is 4.98. The molecule has 0 saturated carbocycles. The number of rotatable bonds is 5. The van der Waals surface area contributed by atoms with Crippen LogP contribution in [0.4, 0.5) is 5.95 Å². The molecule has 1 aromatic carbocycles. The van der Waals surface area contributed by atoms with Crippen LogP contribution in [0.2, 0.25) is 10.0 Å². The SMILES string of the molecule is CCNc1nc(OCC)nc(-c2cc(Cl)ccc2Cl)n1. The van der Waals surface area contributed by atoms with E-state index >= 15 is 0 Å². The van der Waals surface area contributed by atoms with Gasteiger partial charge in [-0.15, -0.1) is 0 Å². The topological polar surface area (TPSA) is 59.9 Å². The molecule has 0 fully saturated rings. The lowest BCUT2D eigenvalue weighted by Crippen LogP contribution is -2.07. The Bertz CT molecular complexity index is 583. The quantitative estimate of drug-likeness (QED) is 0.912. The van der Waals surface area contributed by atoms with Gasteiger partial charge in [-0.05, 0) is 32.0 Å². The Morgan fingerprint density at radius 3 is 2.65 bits per heavy atom. The maximum absolute atomic E-state index is 6.17. The number of ether oxygens (including phenoxy) is 1. The predicted octanol–water partition coefficient (Wildman–Crippen LogP) is 3.68. The molecule has 1 aromatic heterocycles. The van der Waals surface area contributed by atoms with Crippen LogP contribution < -0.4 is 10.1 Å². The molecule has 1 N–H and O–H groups in total. The average molecular weight is 313 g/mol. The van der Waals surface area contributed by atoms with Gasteiger partial charge in [0.15, 0.2) is 5.82 Å². The van der Waals surface area contributed by atoms with Gasteiger partial charge < -0.3 is 10.1 Å². The molecular formula is C13H14Cl2N4O. The lowest BCUT2D eigenvalue weighted by atomic mass is 10.2. The molecule has 0 amide bonds. The van der Waals surface area contributed by atoms with Crippen LogP contribution in [0.3, 0.4) is 0 Å². The Balaban J connectivity index is 2.51. The second-order valence-electron chi connectivity index (χ2n) is 3.85. The number of nitrogens with one attached hydrogen (secondary N) is 1. The van der Waals surface area contributed by atoms with E-state index in [0.717, 1.165) is 0 Å². The molecule has 7 heteroatoms. The van der Waals surface area contributed by atoms with Gasteiger partial charge in [0, 0.05) is 17.1 Å². The van der Waals surface area contributed by atoms with Gasteiger partial charge in [0.25, 0.3) is 0 Å². The standard InChI is InChI=1S/C13H14Cl2N4O/c1-3-16-12-17-11(18-13(19-12)20-4-2)9-7-8(14)5-6-10(9)15/h5-7H,3-4H2,1-2H3,(H,16,17,18,19). The predicted molar refractivity (Wildman–Crippen MR) is 80.6 cm³/mol. The van der Waals surface area contributed by atoms with Crippen molar-refractivity contribution in [3.8, 4) is 17.4 Å². The Morgan fingerprint density at radius 1 is 1.15 bits per heavy atom. The first-order chi connectivity index (χ1) is 9.63. The summed E-state index contributed by atoms with van der Waals surface area (Å²) in [5.41, 5.74) is 0.640. The van der Waals surface area contributed by atoms with Crippen LogP contribution in [-0.2, 0) is 0 Å². The van der Waals surface area contributed by atoms with Gasteiger partial charge in [-0.25, -0.2) is 0 Å². The van der Waals surface area contributed by atoms with Crippen molar-refractivity contribution in [1.82, 2.24) is 15.0 Å². The highest BCUT2D eigenvalue weighted by Gasteiger charge is 2.12. The second kappa shape index (κ2) is 6.72. The summed E-state index contributed by atoms with van der Waals surface area (Å²) < 4.78 is 5.35. The molecule has 0 aliphatic rings. The molecule has 0 unspecified atom stereocenters. The second-order valence-corrected chi connectivity index (χ2v) is 4.70. The Morgan fingerprint density at radius 2 is 1.95 bits per heavy atom. The minimum atomic E-state index is 0.254. The molecule has 2 rings (SSSR count). The van der Waals surface area contributed by atoms with E-state index in [-0.39, 0.29) is 6.01 Å². The first-order valence-corrected chi connectivity index (χ1v) is 6.97. The Hall–Kier alpha value is -1.59. The Labute approximate surface area is 127 Å². The number of halogens is 2. The number of benzene rings is 1. The van der Waals surface area contributed by atoms with Crippen LogP contribution in [0.25, 0.3) is 11.4 Å². The van der Waals surface area contributed by atoms with E-state index in [1.807, 2.05) is 13.8 Å². The van der Waals surface area contributed by atoms with Crippen LogP contribution >= 0.6 is 23.2 Å². The average Bonchev–Trinajstić information content (AvgIpc) is 2.42. The summed E-state index contributed by atoms with van der Waals surface area (Å²) in [7, 11) is 0. The molecule has 0 radical (unpaired) electrons. The fraction of sp³-hybridized carbons (Fsp3) is 0.308. The van der Waals surface area contributed by atoms with Crippen molar-refractivity contribution in [2.24, 2.45) is 0 Å². The van der Waals surface area contributed by atoms with Gasteiger partial charge in [0.2, 0.25) is 5.95 Å². The monoisotopic (exact) mass is 312 g/mol. The fourth-order valence-corrected chi connectivity index (χ4v) is 1.95. The molecule has 106 valence electrons. The zero-order valence-corrected chi connectivity index (χ0v) is 12.7. The third-order valence-electron chi connectivity index (χ3n) is 2.39. The summed E-state index contributed by atoms with van der Waals surface area (Å²) in [6.45, 7) is 4.98. The minimum absolute atomic E-state index is 0.254. The molecule has 0 aliphatic heterocycles. The maximum atomic E-state index is 6.17. The number of nitrogens with zero attached hydrogens (tertiary/aromatic N) is 3. The highest BCUT2D eigenvalue weighted by molar-refractivity contribution is 6.35. The van der Waals surface area contributed by atoms with Crippen LogP contribution in [-0.4, -0.2) is 28.1 Å². The number of hydrogen-bond donors (Lipinski definition) is 1. The van der Waals surface area contributed by atoms with Crippen LogP contribution in [0, 0.1) is 0 Å². The molecule has 0 saturated heterocycles. The number of aromatic nitrogens is 3. The minimum Gasteiger partial charge on any atom is -0.464 e. The zero-order valence-electron chi connectivity index (χ0n) is 11.2. The smallest absolute Gasteiger partial charge is 0.321 e. The van der Waals surface area contributed by atoms with Gasteiger partial charge in [0.05, 0.1) is 11.6 Å². The van der Waals surface area contributed by atoms with Gasteiger partial charge >= 0.3 is 6.01 Å². The van der Waals surface area contributed by atoms with Gasteiger partial charge in [-0.3, -0.25) is 0 Å². The highest BCUT2D eigenvalue weighted by Crippen LogP contribution is 2.29. The molecule has 0 bridgehead atoms. The molecule has 0 aliphatic carbocycles. The van der Waals surface area contributed by atoms with Crippen LogP contribution in [0.1, 0.15) is 13.8 Å². The molecule has 1 heterocycles. The molecule has 2 aromatic rings. The maximum Gasteiger partial charge on any atom is 0.321 e. The first-order valence-electron chi connectivity index (χ1n) is 6.22. The lowest BCUT2D eigenvalue weighted by Gasteiger charge is -2.09. The summed E-state index contributed by atoms with van der Waals surface area (Å²) in [5.74, 6) is 0.865. The third-order valence-corrected chi connectivity index (χ3v) is 2.96. The summed E-state index contributed by atoms with van der Waals surface area (Å²) in [4.78, 5) is 12.7. The normalized spacial score (nSPS) is 10.4. The highest BCUT2D eigenvalue weighted by atomic mass is 35.5. The fourth-order valence-electron chi connectivity index (χ4n) is 1.58. The summed E-state index contributed by atoms with van der Waals surface area (Å²) in [5, 5.41) is 4.11. The van der Waals surface area contributed by atoms with E-state index in [1.54, 1.807) is 18.2 Å². The third kappa shape index (κ3) is 3.49. The van der Waals surface area contributed by atoms with E-state index in [4.69, 9.17) is 27.9 Å². The van der Waals surface area contributed by atoms with Gasteiger partial charge in [0.1, 0.15) is 0 Å². The zero-order chi connectivity index (χ0) is 14.5. The summed E-state index contributed by atoms with van der Waals surface area (Å²) >= 11 is 12.2. The largest absolute Gasteiger partial charge is 0.464 e. The van der Waals surface area contributed by atoms with Crippen molar-refractivity contribution in [3.63, 3.8) is 0 Å². The molecule has 0 atom stereocenters. The van der Waals surface area contributed by atoms with Crippen molar-refractivity contribution in [1.29, 1.82) is 0 Å². The van der Waals surface area contributed by atoms with Crippen molar-refractivity contribution in [2.45, 2.75) is 13.8 Å². The number of anilines is 1. The van der Waals surface area contributed by atoms with Gasteiger partial charge in [-0.2, -0.15) is 15.0 Å². The summed E-state index contributed by atoms with van der Waals surface area (Å²) in [6.07, 6.45) is 0. The van der Waals surface area contributed by atoms with Gasteiger partial charge in [-0.1, -0.05) is 23.2 Å². The first kappa shape index (κ1) is 14.8. The van der Waals surface area contributed by atoms with E-state index < -0.39 is 0 Å². The molecule has 0 spiro atoms. The van der Waals surface area contributed by atoms with E-state index in [0.29, 0.717) is 40.5 Å². The van der Waals surface area contributed by atoms with Crippen LogP contribution in [0.5, 0.6) is 6.01 Å².